The van der Waals surface area contributed by atoms with Crippen LogP contribution in [0.15, 0.2) is 51.6 Å². The molecule has 104 valence electrons. The molecule has 0 aliphatic rings. The highest BCUT2D eigenvalue weighted by molar-refractivity contribution is 9.10. The Bertz CT molecular complexity index is 625. The van der Waals surface area contributed by atoms with E-state index in [4.69, 9.17) is 10.2 Å². The lowest BCUT2D eigenvalue weighted by Crippen LogP contribution is -2.39. The monoisotopic (exact) mass is 336 g/mol. The van der Waals surface area contributed by atoms with Crippen LogP contribution in [-0.4, -0.2) is 23.8 Å². The Kier molecular flexibility index (Phi) is 4.24. The summed E-state index contributed by atoms with van der Waals surface area (Å²) in [6.07, 6.45) is 1.40. The number of halogens is 1. The lowest BCUT2D eigenvalue weighted by atomic mass is 10.0. The van der Waals surface area contributed by atoms with E-state index in [1.807, 2.05) is 6.07 Å². The summed E-state index contributed by atoms with van der Waals surface area (Å²) in [7, 11) is 1.52. The second-order valence-corrected chi connectivity index (χ2v) is 5.17. The first kappa shape index (κ1) is 14.3. The summed E-state index contributed by atoms with van der Waals surface area (Å²) in [6, 6.07) is 9.39. The van der Waals surface area contributed by atoms with Crippen molar-refractivity contribution in [3.8, 4) is 0 Å². The van der Waals surface area contributed by atoms with Gasteiger partial charge in [-0.1, -0.05) is 28.1 Å². The molecule has 2 amide bonds. The summed E-state index contributed by atoms with van der Waals surface area (Å²) in [4.78, 5) is 25.2. The minimum atomic E-state index is -0.856. The van der Waals surface area contributed by atoms with Gasteiger partial charge < -0.3 is 15.1 Å². The molecule has 0 aliphatic heterocycles. The van der Waals surface area contributed by atoms with Gasteiger partial charge in [-0.05, 0) is 29.8 Å². The molecule has 0 spiro atoms. The minimum Gasteiger partial charge on any atom is -0.459 e. The maximum absolute atomic E-state index is 12.2. The average Bonchev–Trinajstić information content (AvgIpc) is 2.91. The van der Waals surface area contributed by atoms with Crippen LogP contribution < -0.4 is 5.73 Å². The van der Waals surface area contributed by atoms with E-state index in [9.17, 15) is 9.59 Å². The van der Waals surface area contributed by atoms with Crippen LogP contribution >= 0.6 is 15.9 Å². The first-order valence-corrected chi connectivity index (χ1v) is 6.65. The van der Waals surface area contributed by atoms with Gasteiger partial charge in [0.25, 0.3) is 5.91 Å². The standard InChI is InChI=1S/C14H13BrN2O3/c1-17(14(19)11-6-3-7-20-11)12(13(16)18)9-4-2-5-10(15)8-9/h2-8,12H,1H3,(H2,16,18)/t12-/m1/s1. The van der Waals surface area contributed by atoms with Crippen LogP contribution in [0.2, 0.25) is 0 Å². The number of carbonyl (C=O) groups excluding carboxylic acids is 2. The molecule has 0 radical (unpaired) electrons. The Morgan fingerprint density at radius 2 is 2.05 bits per heavy atom. The van der Waals surface area contributed by atoms with Gasteiger partial charge >= 0.3 is 0 Å². The third kappa shape index (κ3) is 2.91. The fourth-order valence-electron chi connectivity index (χ4n) is 1.95. The maximum atomic E-state index is 12.2. The van der Waals surface area contributed by atoms with Gasteiger partial charge in [0, 0.05) is 11.5 Å². The number of primary amides is 1. The van der Waals surface area contributed by atoms with Gasteiger partial charge in [-0.3, -0.25) is 9.59 Å². The van der Waals surface area contributed by atoms with Crippen molar-refractivity contribution in [1.82, 2.24) is 4.90 Å². The van der Waals surface area contributed by atoms with E-state index >= 15 is 0 Å². The number of hydrogen-bond acceptors (Lipinski definition) is 3. The molecule has 6 heteroatoms. The average molecular weight is 337 g/mol. The summed E-state index contributed by atoms with van der Waals surface area (Å²) in [5, 5.41) is 0. The lowest BCUT2D eigenvalue weighted by Gasteiger charge is -2.25. The van der Waals surface area contributed by atoms with Crippen LogP contribution in [0.5, 0.6) is 0 Å². The molecule has 0 aliphatic carbocycles. The first-order chi connectivity index (χ1) is 9.50. The van der Waals surface area contributed by atoms with Gasteiger partial charge in [0.1, 0.15) is 6.04 Å². The van der Waals surface area contributed by atoms with E-state index in [1.165, 1.54) is 24.3 Å². The molecule has 0 fully saturated rings. The summed E-state index contributed by atoms with van der Waals surface area (Å²) in [6.45, 7) is 0. The Morgan fingerprint density at radius 1 is 1.30 bits per heavy atom. The smallest absolute Gasteiger partial charge is 0.290 e. The van der Waals surface area contributed by atoms with Gasteiger partial charge in [0.05, 0.1) is 6.26 Å². The zero-order chi connectivity index (χ0) is 14.7. The molecule has 1 aromatic heterocycles. The number of nitrogens with zero attached hydrogens (tertiary/aromatic N) is 1. The molecule has 1 aromatic carbocycles. The molecule has 2 rings (SSSR count). The molecule has 0 unspecified atom stereocenters. The minimum absolute atomic E-state index is 0.161. The van der Waals surface area contributed by atoms with Crippen molar-refractivity contribution in [2.24, 2.45) is 5.73 Å². The van der Waals surface area contributed by atoms with Crippen molar-refractivity contribution >= 4 is 27.7 Å². The Morgan fingerprint density at radius 3 is 2.60 bits per heavy atom. The molecule has 1 atom stereocenters. The van der Waals surface area contributed by atoms with E-state index in [0.29, 0.717) is 5.56 Å². The first-order valence-electron chi connectivity index (χ1n) is 5.86. The number of hydrogen-bond donors (Lipinski definition) is 1. The number of benzene rings is 1. The Labute approximate surface area is 124 Å². The van der Waals surface area contributed by atoms with Gasteiger partial charge in [-0.15, -0.1) is 0 Å². The molecule has 2 N–H and O–H groups in total. The maximum Gasteiger partial charge on any atom is 0.290 e. The topological polar surface area (TPSA) is 76.5 Å². The zero-order valence-corrected chi connectivity index (χ0v) is 12.3. The van der Waals surface area contributed by atoms with E-state index < -0.39 is 17.9 Å². The number of furan rings is 1. The third-order valence-electron chi connectivity index (χ3n) is 2.87. The quantitative estimate of drug-likeness (QED) is 0.930. The lowest BCUT2D eigenvalue weighted by molar-refractivity contribution is -0.122. The molecule has 0 saturated heterocycles. The molecule has 0 bridgehead atoms. The van der Waals surface area contributed by atoms with Crippen molar-refractivity contribution in [2.45, 2.75) is 6.04 Å². The molecule has 20 heavy (non-hydrogen) atoms. The van der Waals surface area contributed by atoms with Gasteiger partial charge in [-0.2, -0.15) is 0 Å². The Balaban J connectivity index is 2.34. The molecule has 1 heterocycles. The second-order valence-electron chi connectivity index (χ2n) is 4.25. The fourth-order valence-corrected chi connectivity index (χ4v) is 2.36. The van der Waals surface area contributed by atoms with E-state index in [-0.39, 0.29) is 5.76 Å². The van der Waals surface area contributed by atoms with E-state index in [2.05, 4.69) is 15.9 Å². The predicted octanol–water partition coefficient (Wildman–Crippen LogP) is 2.34. The largest absolute Gasteiger partial charge is 0.459 e. The number of nitrogens with two attached hydrogens (primary N) is 1. The van der Waals surface area contributed by atoms with Crippen LogP contribution in [0.3, 0.4) is 0 Å². The van der Waals surface area contributed by atoms with Crippen LogP contribution in [0, 0.1) is 0 Å². The molecule has 0 saturated carbocycles. The fraction of sp³-hybridized carbons (Fsp3) is 0.143. The number of likely N-dealkylation sites (N-methyl/N-ethyl adjacent to an activating group) is 1. The molecular formula is C14H13BrN2O3. The van der Waals surface area contributed by atoms with Gasteiger partial charge in [0.2, 0.25) is 5.91 Å². The predicted molar refractivity (Wildman–Crippen MR) is 76.9 cm³/mol. The summed E-state index contributed by atoms with van der Waals surface area (Å²) in [5.74, 6) is -0.849. The Hall–Kier alpha value is -2.08. The third-order valence-corrected chi connectivity index (χ3v) is 3.37. The van der Waals surface area contributed by atoms with Gasteiger partial charge in [0.15, 0.2) is 5.76 Å². The van der Waals surface area contributed by atoms with Crippen LogP contribution in [0.1, 0.15) is 22.2 Å². The van der Waals surface area contributed by atoms with Crippen LogP contribution in [0.25, 0.3) is 0 Å². The van der Waals surface area contributed by atoms with Crippen molar-refractivity contribution in [3.05, 3.63) is 58.5 Å². The second kappa shape index (κ2) is 5.92. The zero-order valence-electron chi connectivity index (χ0n) is 10.7. The molecule has 5 nitrogen and oxygen atoms in total. The normalized spacial score (nSPS) is 11.9. The summed E-state index contributed by atoms with van der Waals surface area (Å²) in [5.41, 5.74) is 6.07. The highest BCUT2D eigenvalue weighted by Crippen LogP contribution is 2.24. The van der Waals surface area contributed by atoms with Crippen LogP contribution in [0.4, 0.5) is 0 Å². The SMILES string of the molecule is CN(C(=O)c1ccco1)[C@@H](C(N)=O)c1cccc(Br)c1. The molecular weight excluding hydrogens is 324 g/mol. The highest BCUT2D eigenvalue weighted by atomic mass is 79.9. The number of carbonyl (C=O) groups is 2. The number of rotatable bonds is 4. The van der Waals surface area contributed by atoms with E-state index in [1.54, 1.807) is 24.3 Å². The van der Waals surface area contributed by atoms with Crippen molar-refractivity contribution in [2.75, 3.05) is 7.05 Å². The summed E-state index contributed by atoms with van der Waals surface area (Å²) >= 11 is 3.33. The highest BCUT2D eigenvalue weighted by Gasteiger charge is 2.28. The van der Waals surface area contributed by atoms with Crippen molar-refractivity contribution in [3.63, 3.8) is 0 Å². The summed E-state index contributed by atoms with van der Waals surface area (Å²) < 4.78 is 5.86. The molecule has 2 aromatic rings. The van der Waals surface area contributed by atoms with E-state index in [0.717, 1.165) is 4.47 Å². The number of amides is 2. The van der Waals surface area contributed by atoms with Crippen molar-refractivity contribution < 1.29 is 14.0 Å². The van der Waals surface area contributed by atoms with Gasteiger partial charge in [-0.25, -0.2) is 0 Å². The van der Waals surface area contributed by atoms with Crippen LogP contribution in [-0.2, 0) is 4.79 Å². The van der Waals surface area contributed by atoms with Crippen molar-refractivity contribution in [1.29, 1.82) is 0 Å².